The second kappa shape index (κ2) is 12.8. The molecule has 2 aromatic carbocycles. The predicted octanol–water partition coefficient (Wildman–Crippen LogP) is 12.4. The van der Waals surface area contributed by atoms with Crippen LogP contribution in [0, 0.1) is 41.5 Å². The monoisotopic (exact) mass is 654 g/mol. The zero-order valence-corrected chi connectivity index (χ0v) is 30.8. The van der Waals surface area contributed by atoms with Gasteiger partial charge in [0.2, 0.25) is 0 Å². The Morgan fingerprint density at radius 2 is 1.11 bits per heavy atom. The summed E-state index contributed by atoms with van der Waals surface area (Å²) in [6.07, 6.45) is 17.6. The molecular formula is C39H57Cl2N2P. The summed E-state index contributed by atoms with van der Waals surface area (Å²) in [4.78, 5) is 2.73. The predicted molar refractivity (Wildman–Crippen MR) is 196 cm³/mol. The number of nitrogens with one attached hydrogen (secondary N) is 1. The summed E-state index contributed by atoms with van der Waals surface area (Å²) in [5.41, 5.74) is 13.9. The van der Waals surface area contributed by atoms with Gasteiger partial charge in [-0.05, 0) is 0 Å². The van der Waals surface area contributed by atoms with Gasteiger partial charge < -0.3 is 0 Å². The molecule has 242 valence electrons. The summed E-state index contributed by atoms with van der Waals surface area (Å²) in [7, 11) is 0. The number of benzene rings is 2. The van der Waals surface area contributed by atoms with Gasteiger partial charge in [0.25, 0.3) is 0 Å². The topological polar surface area (TPSA) is 15.3 Å². The number of allylic oxidation sites excluding steroid dienone is 1. The molecule has 44 heavy (non-hydrogen) atoms. The number of aryl methyl sites for hydroxylation is 6. The van der Waals surface area contributed by atoms with Gasteiger partial charge in [-0.15, -0.1) is 0 Å². The Morgan fingerprint density at radius 1 is 0.636 bits per heavy atom. The molecule has 2 atom stereocenters. The zero-order valence-electron chi connectivity index (χ0n) is 28.4. The summed E-state index contributed by atoms with van der Waals surface area (Å²) in [5, 5.41) is 0.921. The van der Waals surface area contributed by atoms with Gasteiger partial charge >= 0.3 is 279 Å². The third kappa shape index (κ3) is 5.66. The van der Waals surface area contributed by atoms with Crippen molar-refractivity contribution in [2.75, 3.05) is 11.4 Å². The van der Waals surface area contributed by atoms with Crippen LogP contribution >= 0.6 is 27.8 Å². The Morgan fingerprint density at radius 3 is 1.64 bits per heavy atom. The van der Waals surface area contributed by atoms with Crippen molar-refractivity contribution in [2.45, 2.75) is 154 Å². The number of hydrogen-bond acceptors (Lipinski definition) is 2. The fraction of sp³-hybridized carbons (Fsp3) is 0.641. The van der Waals surface area contributed by atoms with E-state index >= 15 is 0 Å². The van der Waals surface area contributed by atoms with E-state index in [-0.39, 0.29) is 6.04 Å². The van der Waals surface area contributed by atoms with E-state index in [1.54, 1.807) is 5.57 Å². The molecule has 1 saturated heterocycles. The van der Waals surface area contributed by atoms with Crippen LogP contribution in [-0.4, -0.2) is 23.5 Å². The van der Waals surface area contributed by atoms with Crippen molar-refractivity contribution in [1.29, 1.82) is 0 Å². The van der Waals surface area contributed by atoms with Crippen LogP contribution in [-0.2, 0) is 0 Å². The van der Waals surface area contributed by atoms with Gasteiger partial charge in [0.05, 0.1) is 0 Å². The molecule has 0 spiro atoms. The van der Waals surface area contributed by atoms with Crippen molar-refractivity contribution in [1.82, 2.24) is 5.32 Å². The molecule has 1 N–H and O–H groups in total. The molecule has 3 saturated carbocycles. The molecule has 3 aliphatic carbocycles. The fourth-order valence-corrected chi connectivity index (χ4v) is 19.8. The van der Waals surface area contributed by atoms with E-state index in [4.69, 9.17) is 22.5 Å². The fourth-order valence-electron chi connectivity index (χ4n) is 10.3. The third-order valence-corrected chi connectivity index (χ3v) is 22.3. The first-order valence-electron chi connectivity index (χ1n) is 17.9. The van der Waals surface area contributed by atoms with Gasteiger partial charge in [-0.1, -0.05) is 0 Å². The van der Waals surface area contributed by atoms with E-state index in [1.807, 2.05) is 0 Å². The van der Waals surface area contributed by atoms with Gasteiger partial charge in [0.15, 0.2) is 0 Å². The van der Waals surface area contributed by atoms with E-state index in [1.165, 1.54) is 128 Å². The van der Waals surface area contributed by atoms with Gasteiger partial charge in [-0.2, -0.15) is 0 Å². The maximum absolute atomic E-state index is 8.52. The molecular weight excluding hydrogens is 598 g/mol. The molecule has 2 unspecified atom stereocenters. The van der Waals surface area contributed by atoms with Crippen molar-refractivity contribution in [3.63, 3.8) is 0 Å². The first-order valence-corrected chi connectivity index (χ1v) is 22.1. The molecule has 0 bridgehead atoms. The molecule has 0 amide bonds. The van der Waals surface area contributed by atoms with Crippen LogP contribution in [0.5, 0.6) is 0 Å². The molecule has 6 rings (SSSR count). The SMILES string of the molecule is Cc1cc(C)c(C2CNC(=C3CCCCC3P(Cl)(Cl)(C3CCCCC3)C3CCCCC3)N2c2c(C)cc(C)cc2C)c(C)c1. The maximum atomic E-state index is 8.52. The minimum absolute atomic E-state index is 0.238. The quantitative estimate of drug-likeness (QED) is 0.323. The second-order valence-corrected chi connectivity index (χ2v) is 24.5. The molecule has 1 heterocycles. The van der Waals surface area contributed by atoms with Crippen LogP contribution in [0.25, 0.3) is 0 Å². The standard InChI is InChI=1S/C39H57Cl2N2P/c1-26-21-28(3)37(29(4)22-26)35-25-42-39(43(35)38-30(5)23-27(2)24-31(38)6)34-19-13-14-20-36(34)44(40,41,32-15-9-7-10-16-32)33-17-11-8-12-18-33/h21-24,32-33,35-36,42H,7-20,25H2,1-6H3. The molecule has 4 fully saturated rings. The normalized spacial score (nSPS) is 26.8. The van der Waals surface area contributed by atoms with Crippen LogP contribution < -0.4 is 10.2 Å². The van der Waals surface area contributed by atoms with Crippen LogP contribution in [0.1, 0.15) is 135 Å². The van der Waals surface area contributed by atoms with Crippen molar-refractivity contribution < 1.29 is 0 Å². The number of rotatable bonds is 5. The average molecular weight is 656 g/mol. The first kappa shape index (κ1) is 32.7. The van der Waals surface area contributed by atoms with Gasteiger partial charge in [0.1, 0.15) is 0 Å². The van der Waals surface area contributed by atoms with Crippen molar-refractivity contribution in [3.05, 3.63) is 74.6 Å². The van der Waals surface area contributed by atoms with E-state index in [2.05, 4.69) is 76.0 Å². The Labute approximate surface area is 278 Å². The Balaban J connectivity index is 1.57. The van der Waals surface area contributed by atoms with E-state index in [0.29, 0.717) is 17.0 Å². The van der Waals surface area contributed by atoms with Crippen LogP contribution in [0.15, 0.2) is 35.7 Å². The van der Waals surface area contributed by atoms with Gasteiger partial charge in [-0.3, -0.25) is 0 Å². The Bertz CT molecular complexity index is 1350. The van der Waals surface area contributed by atoms with E-state index in [0.717, 1.165) is 19.4 Å². The molecule has 2 aromatic rings. The molecule has 5 heteroatoms. The van der Waals surface area contributed by atoms with Crippen LogP contribution in [0.2, 0.25) is 0 Å². The summed E-state index contributed by atoms with van der Waals surface area (Å²) < 4.78 is 0. The molecule has 2 nitrogen and oxygen atoms in total. The zero-order chi connectivity index (χ0) is 31.2. The van der Waals surface area contributed by atoms with Crippen molar-refractivity contribution >= 4 is 33.5 Å². The number of nitrogens with zero attached hydrogens (tertiary/aromatic N) is 1. The Kier molecular flexibility index (Phi) is 9.50. The summed E-state index contributed by atoms with van der Waals surface area (Å²) >= 11 is 17.0. The third-order valence-electron chi connectivity index (χ3n) is 12.0. The molecule has 0 radical (unpaired) electrons. The van der Waals surface area contributed by atoms with Gasteiger partial charge in [0, 0.05) is 0 Å². The van der Waals surface area contributed by atoms with Crippen molar-refractivity contribution in [2.24, 2.45) is 0 Å². The van der Waals surface area contributed by atoms with Crippen LogP contribution in [0.3, 0.4) is 0 Å². The summed E-state index contributed by atoms with van der Waals surface area (Å²) in [6.45, 7) is 14.6. The van der Waals surface area contributed by atoms with Crippen molar-refractivity contribution in [3.8, 4) is 0 Å². The minimum atomic E-state index is -3.18. The molecule has 4 aliphatic rings. The van der Waals surface area contributed by atoms with E-state index < -0.39 is 5.31 Å². The average Bonchev–Trinajstić information content (AvgIpc) is 3.41. The molecule has 1 aliphatic heterocycles. The summed E-state index contributed by atoms with van der Waals surface area (Å²) in [5.74, 6) is 1.34. The van der Waals surface area contributed by atoms with E-state index in [9.17, 15) is 0 Å². The molecule has 0 aromatic heterocycles. The first-order chi connectivity index (χ1) is 21.0. The Hall–Kier alpha value is -1.21. The van der Waals surface area contributed by atoms with Gasteiger partial charge in [-0.25, -0.2) is 0 Å². The van der Waals surface area contributed by atoms with Crippen LogP contribution in [0.4, 0.5) is 5.69 Å². The number of hydrogen-bond donors (Lipinski definition) is 1. The number of anilines is 1. The number of halogens is 2. The second-order valence-electron chi connectivity index (χ2n) is 15.1. The summed E-state index contributed by atoms with van der Waals surface area (Å²) in [6, 6.07) is 9.74.